The molecule has 4 heterocycles. The fourth-order valence-corrected chi connectivity index (χ4v) is 4.44. The van der Waals surface area contributed by atoms with E-state index in [-0.39, 0.29) is 17.9 Å². The Hall–Kier alpha value is -3.30. The summed E-state index contributed by atoms with van der Waals surface area (Å²) in [5.41, 5.74) is 3.59. The molecular weight excluding hydrogens is 396 g/mol. The van der Waals surface area contributed by atoms with E-state index in [0.29, 0.717) is 24.7 Å². The largest absolute Gasteiger partial charge is 0.353 e. The third kappa shape index (κ3) is 3.55. The van der Waals surface area contributed by atoms with E-state index in [1.54, 1.807) is 6.33 Å². The lowest BCUT2D eigenvalue weighted by Gasteiger charge is -2.36. The van der Waals surface area contributed by atoms with E-state index >= 15 is 0 Å². The number of carbonyl (C=O) groups is 1. The van der Waals surface area contributed by atoms with Crippen molar-refractivity contribution in [2.75, 3.05) is 31.1 Å². The number of rotatable bonds is 3. The second-order valence-corrected chi connectivity index (χ2v) is 8.31. The molecule has 2 aliphatic rings. The number of aromatic amines is 1. The molecule has 1 aliphatic heterocycles. The van der Waals surface area contributed by atoms with Gasteiger partial charge < -0.3 is 9.80 Å². The van der Waals surface area contributed by atoms with Gasteiger partial charge in [-0.15, -0.1) is 0 Å². The van der Waals surface area contributed by atoms with Crippen LogP contribution in [0.25, 0.3) is 5.78 Å². The van der Waals surface area contributed by atoms with E-state index in [2.05, 4.69) is 29.9 Å². The number of aromatic nitrogens is 6. The van der Waals surface area contributed by atoms with Gasteiger partial charge in [-0.2, -0.15) is 9.50 Å². The van der Waals surface area contributed by atoms with Crippen molar-refractivity contribution in [1.29, 1.82) is 0 Å². The van der Waals surface area contributed by atoms with Gasteiger partial charge in [0.15, 0.2) is 0 Å². The van der Waals surface area contributed by atoms with Crippen LogP contribution in [-0.4, -0.2) is 66.5 Å². The molecule has 1 saturated heterocycles. The zero-order valence-corrected chi connectivity index (χ0v) is 17.9. The summed E-state index contributed by atoms with van der Waals surface area (Å²) in [4.78, 5) is 47.3. The van der Waals surface area contributed by atoms with Crippen LogP contribution in [0.2, 0.25) is 0 Å². The first-order valence-corrected chi connectivity index (χ1v) is 10.8. The lowest BCUT2D eigenvalue weighted by molar-refractivity contribution is -0.130. The summed E-state index contributed by atoms with van der Waals surface area (Å²) in [6.45, 7) is 6.68. The fraction of sp³-hybridized carbons (Fsp3) is 0.524. The number of H-pyrrole nitrogens is 1. The molecule has 1 aliphatic carbocycles. The van der Waals surface area contributed by atoms with Crippen molar-refractivity contribution in [3.05, 3.63) is 45.0 Å². The Kier molecular flexibility index (Phi) is 4.91. The van der Waals surface area contributed by atoms with Crippen LogP contribution >= 0.6 is 0 Å². The highest BCUT2D eigenvalue weighted by Gasteiger charge is 2.25. The van der Waals surface area contributed by atoms with Gasteiger partial charge in [-0.1, -0.05) is 0 Å². The monoisotopic (exact) mass is 422 g/mol. The van der Waals surface area contributed by atoms with Crippen molar-refractivity contribution in [3.8, 4) is 0 Å². The van der Waals surface area contributed by atoms with Gasteiger partial charge in [0, 0.05) is 43.0 Å². The van der Waals surface area contributed by atoms with Crippen molar-refractivity contribution in [1.82, 2.24) is 34.4 Å². The SMILES string of the molecule is Cc1ncnc(N2CCN(C(=O)Cc3nc4nc5c(c(=O)n4[nH]3)CCCC5)CC2)c1C. The molecule has 3 aromatic heterocycles. The van der Waals surface area contributed by atoms with Gasteiger partial charge >= 0.3 is 0 Å². The maximum absolute atomic E-state index is 12.9. The molecule has 10 nitrogen and oxygen atoms in total. The highest BCUT2D eigenvalue weighted by atomic mass is 16.2. The quantitative estimate of drug-likeness (QED) is 0.657. The third-order valence-corrected chi connectivity index (χ3v) is 6.37. The second kappa shape index (κ2) is 7.75. The zero-order chi connectivity index (χ0) is 21.5. The van der Waals surface area contributed by atoms with Gasteiger partial charge in [-0.3, -0.25) is 14.7 Å². The number of carbonyl (C=O) groups excluding carboxylic acids is 1. The maximum atomic E-state index is 12.9. The van der Waals surface area contributed by atoms with Gasteiger partial charge in [0.1, 0.15) is 18.0 Å². The molecule has 1 fully saturated rings. The summed E-state index contributed by atoms with van der Waals surface area (Å²) in [6.07, 6.45) is 5.34. The molecule has 31 heavy (non-hydrogen) atoms. The van der Waals surface area contributed by atoms with E-state index in [4.69, 9.17) is 0 Å². The van der Waals surface area contributed by atoms with E-state index in [1.807, 2.05) is 18.7 Å². The minimum Gasteiger partial charge on any atom is -0.353 e. The number of amides is 1. The molecular formula is C21H26N8O2. The molecule has 0 atom stereocenters. The van der Waals surface area contributed by atoms with Gasteiger partial charge in [0.05, 0.1) is 12.1 Å². The number of aryl methyl sites for hydroxylation is 2. The number of hydrogen-bond donors (Lipinski definition) is 1. The third-order valence-electron chi connectivity index (χ3n) is 6.37. The number of nitrogens with one attached hydrogen (secondary N) is 1. The average Bonchev–Trinajstić information content (AvgIpc) is 3.18. The van der Waals surface area contributed by atoms with Crippen LogP contribution in [0.4, 0.5) is 5.82 Å². The number of hydrogen-bond acceptors (Lipinski definition) is 7. The molecule has 1 N–H and O–H groups in total. The molecule has 0 unspecified atom stereocenters. The first-order chi connectivity index (χ1) is 15.0. The van der Waals surface area contributed by atoms with Crippen LogP contribution in [0.3, 0.4) is 0 Å². The summed E-state index contributed by atoms with van der Waals surface area (Å²) in [7, 11) is 0. The maximum Gasteiger partial charge on any atom is 0.277 e. The Bertz CT molecular complexity index is 1210. The van der Waals surface area contributed by atoms with Crippen LogP contribution in [0, 0.1) is 13.8 Å². The van der Waals surface area contributed by atoms with E-state index in [1.165, 1.54) is 4.52 Å². The van der Waals surface area contributed by atoms with E-state index in [0.717, 1.165) is 67.1 Å². The Labute approximate surface area is 179 Å². The van der Waals surface area contributed by atoms with Gasteiger partial charge in [0.25, 0.3) is 11.3 Å². The predicted molar refractivity (Wildman–Crippen MR) is 114 cm³/mol. The zero-order valence-electron chi connectivity index (χ0n) is 17.9. The number of nitrogens with zero attached hydrogens (tertiary/aromatic N) is 7. The minimum absolute atomic E-state index is 0.00731. The highest BCUT2D eigenvalue weighted by Crippen LogP contribution is 2.20. The van der Waals surface area contributed by atoms with Gasteiger partial charge in [0.2, 0.25) is 5.91 Å². The summed E-state index contributed by atoms with van der Waals surface area (Å²) in [5, 5.41) is 2.99. The van der Waals surface area contributed by atoms with Crippen LogP contribution < -0.4 is 10.5 Å². The number of anilines is 1. The lowest BCUT2D eigenvalue weighted by atomic mass is 9.97. The molecule has 0 radical (unpaired) electrons. The summed E-state index contributed by atoms with van der Waals surface area (Å²) in [5.74, 6) is 1.76. The Morgan fingerprint density at radius 3 is 2.65 bits per heavy atom. The smallest absolute Gasteiger partial charge is 0.277 e. The van der Waals surface area contributed by atoms with Crippen molar-refractivity contribution >= 4 is 17.5 Å². The van der Waals surface area contributed by atoms with Crippen LogP contribution in [0.5, 0.6) is 0 Å². The fourth-order valence-electron chi connectivity index (χ4n) is 4.44. The van der Waals surface area contributed by atoms with Crippen LogP contribution in [0.15, 0.2) is 11.1 Å². The van der Waals surface area contributed by atoms with Crippen LogP contribution in [-0.2, 0) is 24.1 Å². The van der Waals surface area contributed by atoms with Crippen LogP contribution in [0.1, 0.15) is 41.2 Å². The number of fused-ring (bicyclic) bond motifs is 2. The van der Waals surface area contributed by atoms with Crippen molar-refractivity contribution in [2.24, 2.45) is 0 Å². The Balaban J connectivity index is 1.28. The second-order valence-electron chi connectivity index (χ2n) is 8.31. The molecule has 162 valence electrons. The molecule has 5 rings (SSSR count). The van der Waals surface area contributed by atoms with Gasteiger partial charge in [-0.25, -0.2) is 15.0 Å². The molecule has 0 saturated carbocycles. The van der Waals surface area contributed by atoms with Crippen molar-refractivity contribution < 1.29 is 4.79 Å². The summed E-state index contributed by atoms with van der Waals surface area (Å²) in [6, 6.07) is 0. The standard InChI is InChI=1S/C21H26N8O2/c1-13-14(2)22-12-23-19(13)28-9-7-27(8-10-28)18(30)11-17-25-21-24-16-6-4-3-5-15(16)20(31)29(21)26-17/h12H,3-11H2,1-2H3,(H,24,25,26). The molecule has 0 aromatic carbocycles. The normalized spacial score (nSPS) is 16.6. The Morgan fingerprint density at radius 2 is 1.84 bits per heavy atom. The van der Waals surface area contributed by atoms with E-state index < -0.39 is 0 Å². The predicted octanol–water partition coefficient (Wildman–Crippen LogP) is 0.595. The molecule has 0 bridgehead atoms. The summed E-state index contributed by atoms with van der Waals surface area (Å²) >= 11 is 0. The first-order valence-electron chi connectivity index (χ1n) is 10.8. The van der Waals surface area contributed by atoms with Crippen molar-refractivity contribution in [3.63, 3.8) is 0 Å². The molecule has 10 heteroatoms. The number of piperazine rings is 1. The molecule has 1 amide bonds. The lowest BCUT2D eigenvalue weighted by Crippen LogP contribution is -2.49. The molecule has 3 aromatic rings. The summed E-state index contributed by atoms with van der Waals surface area (Å²) < 4.78 is 1.38. The first kappa shape index (κ1) is 19.7. The topological polar surface area (TPSA) is 112 Å². The Morgan fingerprint density at radius 1 is 1.06 bits per heavy atom. The van der Waals surface area contributed by atoms with E-state index in [9.17, 15) is 9.59 Å². The highest BCUT2D eigenvalue weighted by molar-refractivity contribution is 5.78. The van der Waals surface area contributed by atoms with Crippen molar-refractivity contribution in [2.45, 2.75) is 46.0 Å². The van der Waals surface area contributed by atoms with Gasteiger partial charge in [-0.05, 0) is 39.5 Å². The molecule has 0 spiro atoms. The minimum atomic E-state index is -0.0879. The average molecular weight is 422 g/mol.